The fraction of sp³-hybridized carbons (Fsp3) is 0.263. The summed E-state index contributed by atoms with van der Waals surface area (Å²) in [6.07, 6.45) is 0.856. The second-order valence-corrected chi connectivity index (χ2v) is 6.93. The van der Waals surface area contributed by atoms with E-state index < -0.39 is 0 Å². The topological polar surface area (TPSA) is 61.4 Å². The molecule has 130 valence electrons. The molecule has 0 unspecified atom stereocenters. The molecule has 2 amide bonds. The fourth-order valence-corrected chi connectivity index (χ4v) is 3.44. The molecule has 5 nitrogen and oxygen atoms in total. The maximum Gasteiger partial charge on any atom is 0.251 e. The number of nitrogens with zero attached hydrogens (tertiary/aromatic N) is 1. The average Bonchev–Trinajstić information content (AvgIpc) is 2.65. The van der Waals surface area contributed by atoms with E-state index in [2.05, 4.69) is 27.7 Å². The first-order valence-corrected chi connectivity index (χ1v) is 9.23. The van der Waals surface area contributed by atoms with E-state index in [0.29, 0.717) is 17.9 Å². The summed E-state index contributed by atoms with van der Waals surface area (Å²) < 4.78 is 0. The number of benzene rings is 2. The second kappa shape index (κ2) is 8.07. The van der Waals surface area contributed by atoms with E-state index in [4.69, 9.17) is 0 Å². The lowest BCUT2D eigenvalue weighted by atomic mass is 10.2. The molecule has 2 N–H and O–H groups in total. The van der Waals surface area contributed by atoms with Crippen molar-refractivity contribution in [1.82, 2.24) is 5.32 Å². The maximum atomic E-state index is 12.3. The molecule has 0 atom stereocenters. The van der Waals surface area contributed by atoms with Crippen molar-refractivity contribution in [1.29, 1.82) is 0 Å². The van der Waals surface area contributed by atoms with Crippen molar-refractivity contribution in [2.24, 2.45) is 0 Å². The molecule has 2 aromatic rings. The van der Waals surface area contributed by atoms with E-state index in [9.17, 15) is 9.59 Å². The number of thioether (sulfide) groups is 1. The summed E-state index contributed by atoms with van der Waals surface area (Å²) in [5, 5.41) is 5.75. The summed E-state index contributed by atoms with van der Waals surface area (Å²) in [4.78, 5) is 26.9. The van der Waals surface area contributed by atoms with E-state index in [-0.39, 0.29) is 11.8 Å². The monoisotopic (exact) mass is 355 g/mol. The Morgan fingerprint density at radius 2 is 2.04 bits per heavy atom. The first kappa shape index (κ1) is 17.4. The first-order chi connectivity index (χ1) is 12.1. The standard InChI is InChI=1S/C19H21N3O2S/c1-22(15-6-3-2-4-7-15)11-5-10-20-19(24)14-8-9-17-16(12-14)21-18(23)13-25-17/h2-4,6-9,12H,5,10-11,13H2,1H3,(H,20,24)(H,21,23). The quantitative estimate of drug-likeness (QED) is 0.782. The summed E-state index contributed by atoms with van der Waals surface area (Å²) >= 11 is 1.49. The Morgan fingerprint density at radius 1 is 1.24 bits per heavy atom. The van der Waals surface area contributed by atoms with E-state index in [1.807, 2.05) is 31.3 Å². The van der Waals surface area contributed by atoms with Crippen LogP contribution in [0.1, 0.15) is 16.8 Å². The normalized spacial score (nSPS) is 12.9. The molecule has 0 aromatic heterocycles. The first-order valence-electron chi connectivity index (χ1n) is 8.24. The molecular weight excluding hydrogens is 334 g/mol. The molecule has 3 rings (SSSR count). The van der Waals surface area contributed by atoms with Crippen LogP contribution in [0.25, 0.3) is 0 Å². The highest BCUT2D eigenvalue weighted by molar-refractivity contribution is 8.00. The van der Waals surface area contributed by atoms with E-state index >= 15 is 0 Å². The number of anilines is 2. The van der Waals surface area contributed by atoms with Crippen molar-refractivity contribution < 1.29 is 9.59 Å². The van der Waals surface area contributed by atoms with Gasteiger partial charge in [-0.15, -0.1) is 11.8 Å². The number of carbonyl (C=O) groups excluding carboxylic acids is 2. The van der Waals surface area contributed by atoms with Crippen LogP contribution in [0.3, 0.4) is 0 Å². The van der Waals surface area contributed by atoms with Gasteiger partial charge in [-0.25, -0.2) is 0 Å². The molecule has 1 aliphatic rings. The summed E-state index contributed by atoms with van der Waals surface area (Å²) in [6, 6.07) is 15.6. The predicted molar refractivity (Wildman–Crippen MR) is 102 cm³/mol. The molecule has 0 fully saturated rings. The minimum Gasteiger partial charge on any atom is -0.375 e. The predicted octanol–water partition coefficient (Wildman–Crippen LogP) is 2.99. The van der Waals surface area contributed by atoms with Gasteiger partial charge in [0.2, 0.25) is 5.91 Å². The Balaban J connectivity index is 1.48. The summed E-state index contributed by atoms with van der Waals surface area (Å²) in [7, 11) is 2.04. The molecule has 0 saturated carbocycles. The highest BCUT2D eigenvalue weighted by atomic mass is 32.2. The molecule has 0 spiro atoms. The largest absolute Gasteiger partial charge is 0.375 e. The van der Waals surface area contributed by atoms with Crippen LogP contribution in [-0.4, -0.2) is 37.7 Å². The zero-order valence-electron chi connectivity index (χ0n) is 14.1. The zero-order valence-corrected chi connectivity index (χ0v) is 14.9. The molecule has 0 saturated heterocycles. The van der Waals surface area contributed by atoms with Gasteiger partial charge in [0.1, 0.15) is 0 Å². The van der Waals surface area contributed by atoms with Crippen LogP contribution in [0.2, 0.25) is 0 Å². The van der Waals surface area contributed by atoms with Gasteiger partial charge >= 0.3 is 0 Å². The van der Waals surface area contributed by atoms with Gasteiger partial charge in [-0.2, -0.15) is 0 Å². The fourth-order valence-electron chi connectivity index (χ4n) is 2.66. The van der Waals surface area contributed by atoms with Gasteiger partial charge in [0.15, 0.2) is 0 Å². The van der Waals surface area contributed by atoms with Crippen LogP contribution >= 0.6 is 11.8 Å². The number of hydrogen-bond acceptors (Lipinski definition) is 4. The number of hydrogen-bond donors (Lipinski definition) is 2. The smallest absolute Gasteiger partial charge is 0.251 e. The minimum absolute atomic E-state index is 0.0287. The Morgan fingerprint density at radius 3 is 2.84 bits per heavy atom. The lowest BCUT2D eigenvalue weighted by molar-refractivity contribution is -0.113. The Hall–Kier alpha value is -2.47. The average molecular weight is 355 g/mol. The van der Waals surface area contributed by atoms with E-state index in [1.54, 1.807) is 12.1 Å². The highest BCUT2D eigenvalue weighted by Crippen LogP contribution is 2.31. The molecule has 25 heavy (non-hydrogen) atoms. The second-order valence-electron chi connectivity index (χ2n) is 5.91. The number of rotatable bonds is 6. The Kier molecular flexibility index (Phi) is 5.60. The Bertz CT molecular complexity index is 765. The lowest BCUT2D eigenvalue weighted by Crippen LogP contribution is -2.28. The summed E-state index contributed by atoms with van der Waals surface area (Å²) in [5.41, 5.74) is 2.45. The van der Waals surface area contributed by atoms with Gasteiger partial charge in [-0.05, 0) is 36.8 Å². The molecule has 2 aromatic carbocycles. The van der Waals surface area contributed by atoms with Crippen LogP contribution in [-0.2, 0) is 4.79 Å². The van der Waals surface area contributed by atoms with Crippen LogP contribution < -0.4 is 15.5 Å². The summed E-state index contributed by atoms with van der Waals surface area (Å²) in [5.74, 6) is 0.280. The Labute approximate surface area is 151 Å². The number of nitrogens with one attached hydrogen (secondary N) is 2. The number of para-hydroxylation sites is 1. The van der Waals surface area contributed by atoms with Crippen molar-refractivity contribution in [3.05, 3.63) is 54.1 Å². The van der Waals surface area contributed by atoms with Crippen molar-refractivity contribution in [3.8, 4) is 0 Å². The summed E-state index contributed by atoms with van der Waals surface area (Å²) in [6.45, 7) is 1.47. The van der Waals surface area contributed by atoms with Gasteiger partial charge in [-0.3, -0.25) is 9.59 Å². The molecule has 1 heterocycles. The molecule has 1 aliphatic heterocycles. The molecule has 0 aliphatic carbocycles. The van der Waals surface area contributed by atoms with Gasteiger partial charge in [0, 0.05) is 36.3 Å². The van der Waals surface area contributed by atoms with Gasteiger partial charge < -0.3 is 15.5 Å². The third-order valence-electron chi connectivity index (χ3n) is 4.03. The van der Waals surface area contributed by atoms with Crippen molar-refractivity contribution in [2.75, 3.05) is 36.1 Å². The number of carbonyl (C=O) groups is 2. The van der Waals surface area contributed by atoms with Crippen LogP contribution in [0, 0.1) is 0 Å². The third kappa shape index (κ3) is 4.54. The van der Waals surface area contributed by atoms with E-state index in [0.717, 1.165) is 29.2 Å². The van der Waals surface area contributed by atoms with Crippen molar-refractivity contribution in [2.45, 2.75) is 11.3 Å². The van der Waals surface area contributed by atoms with Crippen molar-refractivity contribution in [3.63, 3.8) is 0 Å². The molecule has 0 bridgehead atoms. The zero-order chi connectivity index (χ0) is 17.6. The van der Waals surface area contributed by atoms with Crippen molar-refractivity contribution >= 4 is 35.0 Å². The van der Waals surface area contributed by atoms with Crippen LogP contribution in [0.15, 0.2) is 53.4 Å². The van der Waals surface area contributed by atoms with Crippen LogP contribution in [0.4, 0.5) is 11.4 Å². The minimum atomic E-state index is -0.116. The van der Waals surface area contributed by atoms with Crippen LogP contribution in [0.5, 0.6) is 0 Å². The highest BCUT2D eigenvalue weighted by Gasteiger charge is 2.17. The van der Waals surface area contributed by atoms with Gasteiger partial charge in [0.25, 0.3) is 5.91 Å². The molecule has 0 radical (unpaired) electrons. The van der Waals surface area contributed by atoms with E-state index in [1.165, 1.54) is 11.8 Å². The van der Waals surface area contributed by atoms with Gasteiger partial charge in [0.05, 0.1) is 11.4 Å². The lowest BCUT2D eigenvalue weighted by Gasteiger charge is -2.19. The SMILES string of the molecule is CN(CCCNC(=O)c1ccc2c(c1)NC(=O)CS2)c1ccccc1. The molecule has 6 heteroatoms. The number of fused-ring (bicyclic) bond motifs is 1. The molecular formula is C19H21N3O2S. The maximum absolute atomic E-state index is 12.3. The third-order valence-corrected chi connectivity index (χ3v) is 5.10. The number of amides is 2. The van der Waals surface area contributed by atoms with Gasteiger partial charge in [-0.1, -0.05) is 18.2 Å².